The van der Waals surface area contributed by atoms with Gasteiger partial charge in [0.15, 0.2) is 0 Å². The molecular weight excluding hydrogens is 360 g/mol. The Kier molecular flexibility index (Phi) is 5.12. The van der Waals surface area contributed by atoms with Gasteiger partial charge in [-0.1, -0.05) is 97.9 Å². The molecule has 0 N–H and O–H groups in total. The maximum atomic E-state index is 2.56. The summed E-state index contributed by atoms with van der Waals surface area (Å²) in [5.41, 5.74) is 14.2. The highest BCUT2D eigenvalue weighted by Gasteiger charge is 2.32. The molecule has 0 saturated heterocycles. The molecule has 0 aromatic heterocycles. The molecule has 4 rings (SSSR count). The lowest BCUT2D eigenvalue weighted by Crippen LogP contribution is -2.18. The van der Waals surface area contributed by atoms with Crippen LogP contribution in [-0.2, 0) is 30.1 Å². The lowest BCUT2D eigenvalue weighted by atomic mass is 9.74. The van der Waals surface area contributed by atoms with Gasteiger partial charge in [-0.15, -0.1) is 0 Å². The molecule has 0 nitrogen and oxygen atoms in total. The SMILES string of the molecule is CCc1cc(C(C)(C)C)cc2c1-c1c(cc(C(C)(C)C)c(C3C=CC=C3)c1CC)C2. The monoisotopic (exact) mass is 398 g/mol. The average molecular weight is 399 g/mol. The molecule has 0 bridgehead atoms. The first-order valence-electron chi connectivity index (χ1n) is 11.8. The van der Waals surface area contributed by atoms with E-state index in [1.165, 1.54) is 16.7 Å². The molecule has 30 heavy (non-hydrogen) atoms. The fourth-order valence-electron chi connectivity index (χ4n) is 5.40. The number of hydrogen-bond donors (Lipinski definition) is 0. The molecule has 2 aliphatic rings. The lowest BCUT2D eigenvalue weighted by Gasteiger charge is -2.30. The normalized spacial score (nSPS) is 15.7. The quantitative estimate of drug-likeness (QED) is 0.417. The van der Waals surface area contributed by atoms with E-state index in [4.69, 9.17) is 0 Å². The third kappa shape index (κ3) is 3.39. The van der Waals surface area contributed by atoms with Crippen molar-refractivity contribution in [3.8, 4) is 11.1 Å². The van der Waals surface area contributed by atoms with Gasteiger partial charge >= 0.3 is 0 Å². The van der Waals surface area contributed by atoms with Crippen LogP contribution in [0.2, 0.25) is 0 Å². The molecule has 2 aromatic carbocycles. The Balaban J connectivity index is 2.04. The first-order valence-corrected chi connectivity index (χ1v) is 11.8. The van der Waals surface area contributed by atoms with Gasteiger partial charge in [0, 0.05) is 5.92 Å². The molecule has 2 aliphatic carbocycles. The molecule has 0 saturated carbocycles. The Labute approximate surface area is 184 Å². The highest BCUT2D eigenvalue weighted by Crippen LogP contribution is 2.49. The number of hydrogen-bond acceptors (Lipinski definition) is 0. The van der Waals surface area contributed by atoms with Crippen molar-refractivity contribution in [1.29, 1.82) is 0 Å². The zero-order valence-electron chi connectivity index (χ0n) is 20.2. The van der Waals surface area contributed by atoms with Crippen LogP contribution in [0, 0.1) is 0 Å². The molecular formula is C30H38. The van der Waals surface area contributed by atoms with Gasteiger partial charge in [-0.25, -0.2) is 0 Å². The average Bonchev–Trinajstić information content (AvgIpc) is 3.31. The van der Waals surface area contributed by atoms with Crippen LogP contribution in [0.25, 0.3) is 11.1 Å². The van der Waals surface area contributed by atoms with E-state index < -0.39 is 0 Å². The van der Waals surface area contributed by atoms with Crippen LogP contribution in [0.4, 0.5) is 0 Å². The summed E-state index contributed by atoms with van der Waals surface area (Å²) in [7, 11) is 0. The molecule has 158 valence electrons. The number of benzene rings is 2. The van der Waals surface area contributed by atoms with Gasteiger partial charge < -0.3 is 0 Å². The van der Waals surface area contributed by atoms with Crippen molar-refractivity contribution in [2.24, 2.45) is 0 Å². The van der Waals surface area contributed by atoms with Gasteiger partial charge in [-0.05, 0) is 80.2 Å². The smallest absolute Gasteiger partial charge is 0.0210 e. The van der Waals surface area contributed by atoms with Crippen LogP contribution >= 0.6 is 0 Å². The maximum absolute atomic E-state index is 2.56. The molecule has 0 unspecified atom stereocenters. The second-order valence-electron chi connectivity index (χ2n) is 11.2. The summed E-state index contributed by atoms with van der Waals surface area (Å²) in [4.78, 5) is 0. The minimum Gasteiger partial charge on any atom is -0.0732 e. The van der Waals surface area contributed by atoms with Crippen LogP contribution in [-0.4, -0.2) is 0 Å². The molecule has 0 radical (unpaired) electrons. The topological polar surface area (TPSA) is 0 Å². The Morgan fingerprint density at radius 2 is 1.40 bits per heavy atom. The van der Waals surface area contributed by atoms with Crippen molar-refractivity contribution < 1.29 is 0 Å². The second kappa shape index (κ2) is 7.26. The molecule has 0 fully saturated rings. The van der Waals surface area contributed by atoms with E-state index >= 15 is 0 Å². The van der Waals surface area contributed by atoms with Crippen molar-refractivity contribution >= 4 is 0 Å². The van der Waals surface area contributed by atoms with Gasteiger partial charge in [-0.3, -0.25) is 0 Å². The summed E-state index contributed by atoms with van der Waals surface area (Å²) >= 11 is 0. The van der Waals surface area contributed by atoms with E-state index in [0.29, 0.717) is 5.92 Å². The van der Waals surface area contributed by atoms with E-state index in [1.54, 1.807) is 33.4 Å². The van der Waals surface area contributed by atoms with Crippen LogP contribution in [0.3, 0.4) is 0 Å². The second-order valence-corrected chi connectivity index (χ2v) is 11.2. The predicted molar refractivity (Wildman–Crippen MR) is 132 cm³/mol. The molecule has 0 heteroatoms. The Morgan fingerprint density at radius 3 is 1.93 bits per heavy atom. The molecule has 0 heterocycles. The van der Waals surface area contributed by atoms with Gasteiger partial charge in [0.25, 0.3) is 0 Å². The Morgan fingerprint density at radius 1 is 0.767 bits per heavy atom. The third-order valence-electron chi connectivity index (χ3n) is 6.98. The van der Waals surface area contributed by atoms with Crippen LogP contribution in [0.5, 0.6) is 0 Å². The van der Waals surface area contributed by atoms with Gasteiger partial charge in [0.05, 0.1) is 0 Å². The van der Waals surface area contributed by atoms with Gasteiger partial charge in [0.1, 0.15) is 0 Å². The number of aryl methyl sites for hydroxylation is 1. The minimum atomic E-state index is 0.136. The summed E-state index contributed by atoms with van der Waals surface area (Å²) < 4.78 is 0. The van der Waals surface area contributed by atoms with Crippen molar-refractivity contribution in [3.63, 3.8) is 0 Å². The number of fused-ring (bicyclic) bond motifs is 3. The van der Waals surface area contributed by atoms with E-state index in [0.717, 1.165) is 19.3 Å². The summed E-state index contributed by atoms with van der Waals surface area (Å²) in [6.45, 7) is 18.8. The van der Waals surface area contributed by atoms with Gasteiger partial charge in [0.2, 0.25) is 0 Å². The molecule has 2 aromatic rings. The molecule has 0 aliphatic heterocycles. The molecule has 0 spiro atoms. The zero-order chi connectivity index (χ0) is 21.8. The van der Waals surface area contributed by atoms with E-state index in [-0.39, 0.29) is 10.8 Å². The van der Waals surface area contributed by atoms with Crippen molar-refractivity contribution in [3.05, 3.63) is 81.4 Å². The van der Waals surface area contributed by atoms with E-state index in [2.05, 4.69) is 97.9 Å². The third-order valence-corrected chi connectivity index (χ3v) is 6.98. The fraction of sp³-hybridized carbons (Fsp3) is 0.467. The largest absolute Gasteiger partial charge is 0.0732 e. The Hall–Kier alpha value is -2.08. The summed E-state index contributed by atoms with van der Waals surface area (Å²) in [6, 6.07) is 7.54. The van der Waals surface area contributed by atoms with Crippen molar-refractivity contribution in [1.82, 2.24) is 0 Å². The van der Waals surface area contributed by atoms with Gasteiger partial charge in [-0.2, -0.15) is 0 Å². The number of allylic oxidation sites excluding steroid dienone is 4. The summed E-state index contributed by atoms with van der Waals surface area (Å²) in [6.07, 6.45) is 12.4. The molecule has 0 amide bonds. The highest BCUT2D eigenvalue weighted by atomic mass is 14.4. The number of rotatable bonds is 3. The standard InChI is InChI=1S/C30H38/c1-9-19-16-23(29(3,4)5)17-21-15-22-18-25(30(6,7)8)27(20-13-11-12-14-20)24(10-2)28(22)26(19)21/h11-14,16-18,20H,9-10,15H2,1-8H3. The van der Waals surface area contributed by atoms with Crippen LogP contribution < -0.4 is 0 Å². The predicted octanol–water partition coefficient (Wildman–Crippen LogP) is 8.19. The maximum Gasteiger partial charge on any atom is 0.0210 e. The first-order chi connectivity index (χ1) is 14.1. The highest BCUT2D eigenvalue weighted by molar-refractivity contribution is 5.84. The summed E-state index contributed by atoms with van der Waals surface area (Å²) in [5.74, 6) is 0.405. The summed E-state index contributed by atoms with van der Waals surface area (Å²) in [5, 5.41) is 0. The van der Waals surface area contributed by atoms with Crippen LogP contribution in [0.1, 0.15) is 100 Å². The van der Waals surface area contributed by atoms with Crippen molar-refractivity contribution in [2.75, 3.05) is 0 Å². The minimum absolute atomic E-state index is 0.136. The van der Waals surface area contributed by atoms with E-state index in [9.17, 15) is 0 Å². The van der Waals surface area contributed by atoms with Crippen molar-refractivity contribution in [2.45, 2.75) is 91.4 Å². The van der Waals surface area contributed by atoms with Crippen LogP contribution in [0.15, 0.2) is 42.5 Å². The lowest BCUT2D eigenvalue weighted by molar-refractivity contribution is 0.580. The molecule has 0 atom stereocenters. The first kappa shape index (κ1) is 21.2. The van der Waals surface area contributed by atoms with E-state index in [1.807, 2.05) is 0 Å². The zero-order valence-corrected chi connectivity index (χ0v) is 20.2. The fourth-order valence-corrected chi connectivity index (χ4v) is 5.40. The Bertz CT molecular complexity index is 1030.